The molecule has 0 saturated carbocycles. The second-order valence-electron chi connectivity index (χ2n) is 6.49. The highest BCUT2D eigenvalue weighted by Crippen LogP contribution is 2.52. The van der Waals surface area contributed by atoms with Crippen molar-refractivity contribution in [3.05, 3.63) is 41.5 Å². The van der Waals surface area contributed by atoms with Crippen LogP contribution in [0.3, 0.4) is 0 Å². The van der Waals surface area contributed by atoms with E-state index in [1.807, 2.05) is 0 Å². The van der Waals surface area contributed by atoms with Crippen LogP contribution in [0.5, 0.6) is 28.7 Å². The van der Waals surface area contributed by atoms with Crippen molar-refractivity contribution in [2.45, 2.75) is 12.2 Å². The van der Waals surface area contributed by atoms with Gasteiger partial charge in [0.15, 0.2) is 28.7 Å². The Morgan fingerprint density at radius 3 is 1.72 bits per heavy atom. The Balaban J connectivity index is 1.60. The van der Waals surface area contributed by atoms with Crippen LogP contribution in [0, 0.1) is 11.8 Å². The summed E-state index contributed by atoms with van der Waals surface area (Å²) in [5, 5.41) is 48.1. The van der Waals surface area contributed by atoms with Crippen molar-refractivity contribution in [3.63, 3.8) is 0 Å². The summed E-state index contributed by atoms with van der Waals surface area (Å²) in [5.41, 5.74) is 1.32. The molecule has 7 heteroatoms. The smallest absolute Gasteiger partial charge is 0.200 e. The molecule has 0 bridgehead atoms. The number of rotatable bonds is 2. The lowest BCUT2D eigenvalue weighted by Gasteiger charge is -2.17. The predicted octanol–water partition coefficient (Wildman–Crippen LogP) is 2.29. The van der Waals surface area contributed by atoms with Gasteiger partial charge in [0.25, 0.3) is 0 Å². The van der Waals surface area contributed by atoms with Crippen molar-refractivity contribution in [2.24, 2.45) is 11.8 Å². The Labute approximate surface area is 143 Å². The van der Waals surface area contributed by atoms with Crippen LogP contribution in [0.1, 0.15) is 23.3 Å². The van der Waals surface area contributed by atoms with E-state index >= 15 is 0 Å². The van der Waals surface area contributed by atoms with Gasteiger partial charge in [0.2, 0.25) is 0 Å². The van der Waals surface area contributed by atoms with Gasteiger partial charge in [0.05, 0.1) is 25.4 Å². The van der Waals surface area contributed by atoms with E-state index in [1.165, 1.54) is 24.3 Å². The molecule has 25 heavy (non-hydrogen) atoms. The summed E-state index contributed by atoms with van der Waals surface area (Å²) in [6, 6.07) is 7.36. The fraction of sp³-hybridized carbons (Fsp3) is 0.333. The topological polar surface area (TPSA) is 120 Å². The van der Waals surface area contributed by atoms with Crippen LogP contribution in [0.25, 0.3) is 0 Å². The van der Waals surface area contributed by atoms with Crippen molar-refractivity contribution in [1.82, 2.24) is 0 Å². The summed E-state index contributed by atoms with van der Waals surface area (Å²) in [6.07, 6.45) is -0.654. The Hall–Kier alpha value is -2.64. The van der Waals surface area contributed by atoms with Crippen LogP contribution in [0.2, 0.25) is 0 Å². The van der Waals surface area contributed by atoms with Gasteiger partial charge < -0.3 is 35.0 Å². The molecule has 2 aliphatic heterocycles. The van der Waals surface area contributed by atoms with Crippen molar-refractivity contribution in [2.75, 3.05) is 13.2 Å². The van der Waals surface area contributed by atoms with E-state index in [0.717, 1.165) is 5.56 Å². The van der Waals surface area contributed by atoms with Gasteiger partial charge >= 0.3 is 0 Å². The third-order valence-corrected chi connectivity index (χ3v) is 5.01. The molecule has 5 N–H and O–H groups in total. The van der Waals surface area contributed by atoms with E-state index in [1.54, 1.807) is 6.07 Å². The van der Waals surface area contributed by atoms with Crippen molar-refractivity contribution >= 4 is 0 Å². The van der Waals surface area contributed by atoms with E-state index in [4.69, 9.17) is 9.47 Å². The van der Waals surface area contributed by atoms with Gasteiger partial charge in [-0.25, -0.2) is 0 Å². The third-order valence-electron chi connectivity index (χ3n) is 5.01. The lowest BCUT2D eigenvalue weighted by molar-refractivity contribution is 0.0190. The first-order chi connectivity index (χ1) is 12.0. The molecule has 0 aliphatic carbocycles. The lowest BCUT2D eigenvalue weighted by Crippen LogP contribution is -2.14. The molecule has 2 heterocycles. The maximum absolute atomic E-state index is 9.72. The number of fused-ring (bicyclic) bond motifs is 1. The summed E-state index contributed by atoms with van der Waals surface area (Å²) in [5.74, 6) is -1.71. The standard InChI is InChI=1S/C18H18O7/c19-12-2-1-8(3-13(12)20)17-10-6-25-18(11(10)7-24-17)9-4-14(21)16(23)15(22)5-9/h1-5,10-11,17-23H,6-7H2/t10-,11-,17+,18+/m0/s1. The van der Waals surface area contributed by atoms with Crippen LogP contribution in [-0.2, 0) is 9.47 Å². The molecular weight excluding hydrogens is 328 g/mol. The van der Waals surface area contributed by atoms with Crippen molar-refractivity contribution in [1.29, 1.82) is 0 Å². The molecule has 2 fully saturated rings. The number of phenols is 5. The molecule has 4 atom stereocenters. The summed E-state index contributed by atoms with van der Waals surface area (Å²) < 4.78 is 11.8. The van der Waals surface area contributed by atoms with Crippen LogP contribution in [0.15, 0.2) is 30.3 Å². The number of benzene rings is 2. The van der Waals surface area contributed by atoms with Gasteiger partial charge in [0, 0.05) is 11.8 Å². The molecule has 2 saturated heterocycles. The molecule has 4 rings (SSSR count). The molecule has 7 nitrogen and oxygen atoms in total. The molecule has 2 aliphatic rings. The van der Waals surface area contributed by atoms with Gasteiger partial charge in [-0.3, -0.25) is 0 Å². The first kappa shape index (κ1) is 15.9. The third kappa shape index (κ3) is 2.52. The van der Waals surface area contributed by atoms with E-state index in [-0.39, 0.29) is 35.5 Å². The van der Waals surface area contributed by atoms with Crippen LogP contribution >= 0.6 is 0 Å². The largest absolute Gasteiger partial charge is 0.504 e. The average Bonchev–Trinajstić information content (AvgIpc) is 3.16. The van der Waals surface area contributed by atoms with E-state index in [0.29, 0.717) is 18.8 Å². The van der Waals surface area contributed by atoms with Crippen LogP contribution in [0.4, 0.5) is 0 Å². The molecule has 2 aromatic rings. The second-order valence-corrected chi connectivity index (χ2v) is 6.49. The van der Waals surface area contributed by atoms with Crippen molar-refractivity contribution < 1.29 is 35.0 Å². The maximum Gasteiger partial charge on any atom is 0.200 e. The zero-order valence-corrected chi connectivity index (χ0v) is 13.2. The predicted molar refractivity (Wildman–Crippen MR) is 85.6 cm³/mol. The molecule has 0 amide bonds. The molecule has 0 unspecified atom stereocenters. The Bertz CT molecular complexity index is 796. The molecule has 0 aromatic heterocycles. The zero-order valence-electron chi connectivity index (χ0n) is 13.2. The quantitative estimate of drug-likeness (QED) is 0.529. The summed E-state index contributed by atoms with van der Waals surface area (Å²) >= 11 is 0. The fourth-order valence-electron chi connectivity index (χ4n) is 3.74. The monoisotopic (exact) mass is 346 g/mol. The molecule has 132 valence electrons. The number of hydrogen-bond acceptors (Lipinski definition) is 7. The highest BCUT2D eigenvalue weighted by molar-refractivity contribution is 5.52. The van der Waals surface area contributed by atoms with Crippen LogP contribution in [-0.4, -0.2) is 38.7 Å². The van der Waals surface area contributed by atoms with E-state index < -0.39 is 17.2 Å². The lowest BCUT2D eigenvalue weighted by atomic mass is 9.85. The van der Waals surface area contributed by atoms with E-state index in [2.05, 4.69) is 0 Å². The molecule has 2 aromatic carbocycles. The minimum atomic E-state index is -0.557. The molecule has 0 spiro atoms. The van der Waals surface area contributed by atoms with Gasteiger partial charge in [-0.15, -0.1) is 0 Å². The Morgan fingerprint density at radius 2 is 1.16 bits per heavy atom. The minimum absolute atomic E-state index is 0.00397. The van der Waals surface area contributed by atoms with Gasteiger partial charge in [-0.1, -0.05) is 6.07 Å². The summed E-state index contributed by atoms with van der Waals surface area (Å²) in [6.45, 7) is 0.841. The number of phenolic OH excluding ortho intramolecular Hbond substituents is 5. The van der Waals surface area contributed by atoms with Gasteiger partial charge in [-0.2, -0.15) is 0 Å². The average molecular weight is 346 g/mol. The van der Waals surface area contributed by atoms with Gasteiger partial charge in [-0.05, 0) is 35.4 Å². The first-order valence-electron chi connectivity index (χ1n) is 7.95. The second kappa shape index (κ2) is 5.72. The number of ether oxygens (including phenoxy) is 2. The Kier molecular flexibility index (Phi) is 3.63. The first-order valence-corrected chi connectivity index (χ1v) is 7.95. The fourth-order valence-corrected chi connectivity index (χ4v) is 3.74. The Morgan fingerprint density at radius 1 is 0.640 bits per heavy atom. The highest BCUT2D eigenvalue weighted by atomic mass is 16.5. The van der Waals surface area contributed by atoms with Crippen LogP contribution < -0.4 is 0 Å². The number of hydrogen-bond donors (Lipinski definition) is 5. The molecule has 0 radical (unpaired) electrons. The van der Waals surface area contributed by atoms with E-state index in [9.17, 15) is 25.5 Å². The maximum atomic E-state index is 9.72. The molecular formula is C18H18O7. The van der Waals surface area contributed by atoms with Crippen molar-refractivity contribution in [3.8, 4) is 28.7 Å². The normalized spacial score (nSPS) is 28.2. The summed E-state index contributed by atoms with van der Waals surface area (Å²) in [4.78, 5) is 0. The zero-order chi connectivity index (χ0) is 17.7. The minimum Gasteiger partial charge on any atom is -0.504 e. The SMILES string of the molecule is Oc1ccc([C@H]2OC[C@H]3[C@@H]2CO[C@@H]3c2cc(O)c(O)c(O)c2)cc1O. The van der Waals surface area contributed by atoms with Gasteiger partial charge in [0.1, 0.15) is 0 Å². The summed E-state index contributed by atoms with van der Waals surface area (Å²) in [7, 11) is 0. The highest BCUT2D eigenvalue weighted by Gasteiger charge is 2.48. The number of aromatic hydroxyl groups is 5.